The summed E-state index contributed by atoms with van der Waals surface area (Å²) < 4.78 is 0. The first-order chi connectivity index (χ1) is 16.6. The lowest BCUT2D eigenvalue weighted by Crippen LogP contribution is -2.56. The number of hydrogen-bond donors (Lipinski definition) is 2. The maximum atomic E-state index is 12.6. The van der Waals surface area contributed by atoms with E-state index in [2.05, 4.69) is 27.8 Å². The largest absolute Gasteiger partial charge is 0.396 e. The Morgan fingerprint density at radius 2 is 2.12 bits per heavy atom. The minimum atomic E-state index is -0.125. The van der Waals surface area contributed by atoms with Gasteiger partial charge in [-0.2, -0.15) is 5.26 Å². The summed E-state index contributed by atoms with van der Waals surface area (Å²) in [7, 11) is 0. The van der Waals surface area contributed by atoms with Crippen LogP contribution in [0.4, 0.5) is 17.3 Å². The van der Waals surface area contributed by atoms with Gasteiger partial charge in [-0.3, -0.25) is 4.79 Å². The lowest BCUT2D eigenvalue weighted by atomic mass is 10.0. The van der Waals surface area contributed by atoms with E-state index in [1.54, 1.807) is 12.3 Å². The third-order valence-electron chi connectivity index (χ3n) is 6.93. The second-order valence-electron chi connectivity index (χ2n) is 9.39. The Hall–Kier alpha value is -3.44. The molecule has 0 radical (unpaired) electrons. The number of hydrogen-bond acceptors (Lipinski definition) is 7. The Morgan fingerprint density at radius 3 is 2.79 bits per heavy atom. The first-order valence-corrected chi connectivity index (χ1v) is 12.1. The number of piperazine rings is 1. The fraction of sp³-hybridized carbons (Fsp3) is 0.462. The number of aliphatic hydroxyl groups is 1. The minimum absolute atomic E-state index is 0.0139. The molecule has 0 aromatic carbocycles. The Balaban J connectivity index is 1.44. The summed E-state index contributed by atoms with van der Waals surface area (Å²) in [5.74, 6) is 2.29. The lowest BCUT2D eigenvalue weighted by molar-refractivity contribution is -0.135. The van der Waals surface area contributed by atoms with Crippen molar-refractivity contribution in [2.75, 3.05) is 36.5 Å². The number of aliphatic hydroxyl groups excluding tert-OH is 1. The van der Waals surface area contributed by atoms with Gasteiger partial charge < -0.3 is 20.2 Å². The predicted octanol–water partition coefficient (Wildman–Crippen LogP) is 3.42. The average molecular weight is 459 g/mol. The number of rotatable bonds is 8. The summed E-state index contributed by atoms with van der Waals surface area (Å²) in [4.78, 5) is 26.1. The van der Waals surface area contributed by atoms with Gasteiger partial charge in [-0.15, -0.1) is 0 Å². The third kappa shape index (κ3) is 4.62. The van der Waals surface area contributed by atoms with Gasteiger partial charge in [0.1, 0.15) is 17.7 Å². The highest BCUT2D eigenvalue weighted by Gasteiger charge is 2.41. The molecule has 2 N–H and O–H groups in total. The molecule has 8 heteroatoms. The van der Waals surface area contributed by atoms with E-state index >= 15 is 0 Å². The topological polar surface area (TPSA) is 105 Å². The van der Waals surface area contributed by atoms with Gasteiger partial charge in [0, 0.05) is 38.2 Å². The summed E-state index contributed by atoms with van der Waals surface area (Å²) in [5, 5.41) is 22.6. The van der Waals surface area contributed by atoms with E-state index in [0.29, 0.717) is 48.7 Å². The fourth-order valence-electron chi connectivity index (χ4n) is 4.82. The van der Waals surface area contributed by atoms with Crippen LogP contribution in [0.2, 0.25) is 0 Å². The van der Waals surface area contributed by atoms with Gasteiger partial charge in [-0.05, 0) is 55.4 Å². The van der Waals surface area contributed by atoms with Gasteiger partial charge in [-0.1, -0.05) is 12.7 Å². The van der Waals surface area contributed by atoms with Crippen LogP contribution < -0.4 is 10.2 Å². The Morgan fingerprint density at radius 1 is 1.29 bits per heavy atom. The lowest BCUT2D eigenvalue weighted by Gasteiger charge is -2.42. The summed E-state index contributed by atoms with van der Waals surface area (Å²) in [6.45, 7) is 5.58. The van der Waals surface area contributed by atoms with E-state index in [1.165, 1.54) is 0 Å². The van der Waals surface area contributed by atoms with Crippen molar-refractivity contribution in [2.45, 2.75) is 44.1 Å². The maximum Gasteiger partial charge on any atom is 0.225 e. The van der Waals surface area contributed by atoms with Gasteiger partial charge in [0.25, 0.3) is 0 Å². The van der Waals surface area contributed by atoms with Crippen molar-refractivity contribution in [3.05, 3.63) is 47.8 Å². The molecular formula is C26H30N6O2. The maximum absolute atomic E-state index is 12.6. The van der Waals surface area contributed by atoms with E-state index in [9.17, 15) is 15.2 Å². The number of nitrogens with one attached hydrogen (secondary N) is 1. The van der Waals surface area contributed by atoms with Crippen molar-refractivity contribution in [2.24, 2.45) is 5.92 Å². The summed E-state index contributed by atoms with van der Waals surface area (Å²) >= 11 is 0. The number of nitriles is 1. The van der Waals surface area contributed by atoms with Crippen LogP contribution in [0.5, 0.6) is 0 Å². The van der Waals surface area contributed by atoms with E-state index < -0.39 is 0 Å². The number of anilines is 3. The number of pyridine rings is 2. The minimum Gasteiger partial charge on any atom is -0.396 e. The quantitative estimate of drug-likeness (QED) is 0.624. The smallest absolute Gasteiger partial charge is 0.225 e. The van der Waals surface area contributed by atoms with Crippen LogP contribution in [0.3, 0.4) is 0 Å². The zero-order valence-corrected chi connectivity index (χ0v) is 19.3. The molecule has 0 bridgehead atoms. The van der Waals surface area contributed by atoms with Gasteiger partial charge >= 0.3 is 0 Å². The third-order valence-corrected chi connectivity index (χ3v) is 6.93. The van der Waals surface area contributed by atoms with Crippen molar-refractivity contribution in [3.63, 3.8) is 0 Å². The predicted molar refractivity (Wildman–Crippen MR) is 131 cm³/mol. The van der Waals surface area contributed by atoms with Gasteiger partial charge in [0.15, 0.2) is 0 Å². The SMILES string of the molecule is C=Cc1ccnc(Nc2cc(C#N)c(N3CCN(C(=O)CCO)[C@H](C4CC4)C3)nc2C2CC2)c1. The molecule has 5 rings (SSSR count). The highest BCUT2D eigenvalue weighted by molar-refractivity contribution is 5.77. The molecule has 2 saturated carbocycles. The fourth-order valence-corrected chi connectivity index (χ4v) is 4.82. The molecule has 1 atom stereocenters. The van der Waals surface area contributed by atoms with Crippen molar-refractivity contribution in [1.82, 2.24) is 14.9 Å². The van der Waals surface area contributed by atoms with Gasteiger partial charge in [0.05, 0.1) is 29.6 Å². The molecule has 1 aliphatic heterocycles. The molecule has 0 unspecified atom stereocenters. The second kappa shape index (κ2) is 9.43. The molecule has 176 valence electrons. The van der Waals surface area contributed by atoms with Crippen molar-refractivity contribution >= 4 is 29.3 Å². The van der Waals surface area contributed by atoms with E-state index in [0.717, 1.165) is 42.6 Å². The van der Waals surface area contributed by atoms with Crippen molar-refractivity contribution in [3.8, 4) is 6.07 Å². The summed E-state index contributed by atoms with van der Waals surface area (Å²) in [6.07, 6.45) is 8.08. The molecule has 1 saturated heterocycles. The van der Waals surface area contributed by atoms with Crippen molar-refractivity contribution in [1.29, 1.82) is 5.26 Å². The Bertz CT molecular complexity index is 1130. The highest BCUT2D eigenvalue weighted by atomic mass is 16.3. The first kappa shape index (κ1) is 22.4. The van der Waals surface area contributed by atoms with Crippen LogP contribution in [-0.4, -0.2) is 58.2 Å². The molecule has 34 heavy (non-hydrogen) atoms. The molecule has 3 aliphatic rings. The van der Waals surface area contributed by atoms with Crippen molar-refractivity contribution < 1.29 is 9.90 Å². The summed E-state index contributed by atoms with van der Waals surface area (Å²) in [5.41, 5.74) is 3.29. The van der Waals surface area contributed by atoms with E-state index in [1.807, 2.05) is 23.1 Å². The highest BCUT2D eigenvalue weighted by Crippen LogP contribution is 2.45. The van der Waals surface area contributed by atoms with Crippen LogP contribution >= 0.6 is 0 Å². The normalized spacial score (nSPS) is 20.1. The Kier molecular flexibility index (Phi) is 6.20. The van der Waals surface area contributed by atoms with Gasteiger partial charge in [-0.25, -0.2) is 9.97 Å². The number of aromatic nitrogens is 2. The number of carbonyl (C=O) groups excluding carboxylic acids is 1. The average Bonchev–Trinajstić information content (AvgIpc) is 3.77. The molecular weight excluding hydrogens is 428 g/mol. The second-order valence-corrected chi connectivity index (χ2v) is 9.39. The molecule has 0 spiro atoms. The molecule has 2 aromatic heterocycles. The van der Waals surface area contributed by atoms with E-state index in [-0.39, 0.29) is 25.0 Å². The summed E-state index contributed by atoms with van der Waals surface area (Å²) in [6, 6.07) is 8.17. The Labute approximate surface area is 199 Å². The zero-order chi connectivity index (χ0) is 23.7. The molecule has 8 nitrogen and oxygen atoms in total. The molecule has 3 fully saturated rings. The molecule has 1 amide bonds. The molecule has 3 heterocycles. The van der Waals surface area contributed by atoms with Crippen LogP contribution in [0, 0.1) is 17.2 Å². The van der Waals surface area contributed by atoms with Crippen LogP contribution in [-0.2, 0) is 4.79 Å². The number of carbonyl (C=O) groups is 1. The van der Waals surface area contributed by atoms with Crippen LogP contribution in [0.1, 0.15) is 54.8 Å². The van der Waals surface area contributed by atoms with Crippen LogP contribution in [0.15, 0.2) is 31.0 Å². The first-order valence-electron chi connectivity index (χ1n) is 12.1. The van der Waals surface area contributed by atoms with Crippen LogP contribution in [0.25, 0.3) is 6.08 Å². The molecule has 2 aliphatic carbocycles. The molecule has 2 aromatic rings. The van der Waals surface area contributed by atoms with Gasteiger partial charge in [0.2, 0.25) is 5.91 Å². The van der Waals surface area contributed by atoms with E-state index in [4.69, 9.17) is 4.98 Å². The zero-order valence-electron chi connectivity index (χ0n) is 19.3. The monoisotopic (exact) mass is 458 g/mol. The standard InChI is InChI=1S/C26H30N6O2/c1-2-17-7-9-28-23(13-17)29-21-14-20(15-27)26(30-25(21)19-5-6-19)31-10-11-32(24(34)8-12-33)22(16-31)18-3-4-18/h2,7,9,13-14,18-19,22,33H,1,3-6,8,10-12,16H2,(H,28,29)/t22-/m0/s1. The number of amides is 1. The number of nitrogens with zero attached hydrogens (tertiary/aromatic N) is 5.